The molecule has 1 aromatic carbocycles. The molecule has 0 amide bonds. The number of benzene rings is 1. The van der Waals surface area contributed by atoms with Crippen LogP contribution in [0.2, 0.25) is 0 Å². The highest BCUT2D eigenvalue weighted by molar-refractivity contribution is 7.89. The van der Waals surface area contributed by atoms with Crippen molar-refractivity contribution < 1.29 is 13.2 Å². The van der Waals surface area contributed by atoms with Gasteiger partial charge in [-0.05, 0) is 30.5 Å². The van der Waals surface area contributed by atoms with Crippen LogP contribution in [0.4, 0.5) is 0 Å². The van der Waals surface area contributed by atoms with Crippen molar-refractivity contribution in [3.05, 3.63) is 71.2 Å². The summed E-state index contributed by atoms with van der Waals surface area (Å²) in [6, 6.07) is 11.8. The van der Waals surface area contributed by atoms with E-state index in [2.05, 4.69) is 6.58 Å². The van der Waals surface area contributed by atoms with Gasteiger partial charge in [0.25, 0.3) is 5.56 Å². The van der Waals surface area contributed by atoms with Crippen LogP contribution in [-0.4, -0.2) is 37.0 Å². The molecule has 7 heteroatoms. The topological polar surface area (TPSA) is 68.6 Å². The van der Waals surface area contributed by atoms with E-state index in [4.69, 9.17) is 4.74 Å². The van der Waals surface area contributed by atoms with E-state index in [0.29, 0.717) is 32.0 Å². The van der Waals surface area contributed by atoms with Crippen LogP contribution < -0.4 is 10.3 Å². The Morgan fingerprint density at radius 3 is 2.78 bits per heavy atom. The van der Waals surface area contributed by atoms with Crippen LogP contribution in [0.5, 0.6) is 5.75 Å². The summed E-state index contributed by atoms with van der Waals surface area (Å²) in [6.07, 6.45) is 2.53. The summed E-state index contributed by atoms with van der Waals surface area (Å²) in [7, 11) is -3.62. The summed E-state index contributed by atoms with van der Waals surface area (Å²) < 4.78 is 35.2. The number of rotatable bonds is 5. The Morgan fingerprint density at radius 2 is 1.96 bits per heavy atom. The molecule has 6 nitrogen and oxygen atoms in total. The van der Waals surface area contributed by atoms with E-state index in [1.807, 2.05) is 6.07 Å². The van der Waals surface area contributed by atoms with Crippen molar-refractivity contribution >= 4 is 10.0 Å². The number of sulfonamides is 1. The number of aromatic nitrogens is 1. The van der Waals surface area contributed by atoms with Gasteiger partial charge in [0.1, 0.15) is 12.4 Å². The Kier molecular flexibility index (Phi) is 4.65. The number of hydrogen-bond acceptors (Lipinski definition) is 4. The maximum Gasteiger partial charge on any atom is 0.250 e. The molecule has 2 bridgehead atoms. The normalized spacial score (nSPS) is 22.1. The van der Waals surface area contributed by atoms with Gasteiger partial charge in [-0.15, -0.1) is 0 Å². The van der Waals surface area contributed by atoms with Crippen molar-refractivity contribution in [2.24, 2.45) is 5.92 Å². The van der Waals surface area contributed by atoms with Crippen molar-refractivity contribution in [3.8, 4) is 5.75 Å². The molecule has 0 unspecified atom stereocenters. The smallest absolute Gasteiger partial charge is 0.250 e. The SMILES string of the molecule is C=CCOc1cccc(S(=O)(=O)N2C[C@H]3C[C@@H](C2)c2cccc(=O)n2C3)c1. The molecular formula is C20H22N2O4S. The molecule has 2 aromatic rings. The van der Waals surface area contributed by atoms with Crippen LogP contribution in [0.1, 0.15) is 18.0 Å². The number of fused-ring (bicyclic) bond motifs is 4. The summed E-state index contributed by atoms with van der Waals surface area (Å²) in [5.74, 6) is 0.692. The summed E-state index contributed by atoms with van der Waals surface area (Å²) in [4.78, 5) is 12.4. The molecule has 4 rings (SSSR count). The first kappa shape index (κ1) is 18.0. The molecule has 2 atom stereocenters. The molecule has 0 spiro atoms. The van der Waals surface area contributed by atoms with E-state index >= 15 is 0 Å². The Morgan fingerprint density at radius 1 is 1.15 bits per heavy atom. The van der Waals surface area contributed by atoms with Crippen LogP contribution >= 0.6 is 0 Å². The highest BCUT2D eigenvalue weighted by Gasteiger charge is 2.39. The van der Waals surface area contributed by atoms with E-state index in [9.17, 15) is 13.2 Å². The fourth-order valence-corrected chi connectivity index (χ4v) is 5.67. The maximum atomic E-state index is 13.2. The number of ether oxygens (including phenoxy) is 1. The molecule has 1 fully saturated rings. The lowest BCUT2D eigenvalue weighted by Gasteiger charge is -2.42. The minimum absolute atomic E-state index is 0.00873. The average Bonchev–Trinajstić information content (AvgIpc) is 2.67. The number of piperidine rings is 1. The Labute approximate surface area is 158 Å². The predicted octanol–water partition coefficient (Wildman–Crippen LogP) is 2.22. The van der Waals surface area contributed by atoms with Gasteiger partial charge in [0.05, 0.1) is 4.90 Å². The Bertz CT molecular complexity index is 1030. The first-order valence-electron chi connectivity index (χ1n) is 9.02. The van der Waals surface area contributed by atoms with Gasteiger partial charge in [-0.1, -0.05) is 24.8 Å². The number of pyridine rings is 1. The molecule has 1 saturated heterocycles. The van der Waals surface area contributed by atoms with E-state index in [1.54, 1.807) is 51.3 Å². The Hall–Kier alpha value is -2.38. The lowest BCUT2D eigenvalue weighted by Crippen LogP contribution is -2.48. The first-order valence-corrected chi connectivity index (χ1v) is 10.5. The van der Waals surface area contributed by atoms with E-state index in [0.717, 1.165) is 12.1 Å². The number of nitrogens with zero attached hydrogens (tertiary/aromatic N) is 2. The molecule has 1 aromatic heterocycles. The van der Waals surface area contributed by atoms with Gasteiger partial charge in [-0.25, -0.2) is 8.42 Å². The monoisotopic (exact) mass is 386 g/mol. The third kappa shape index (κ3) is 3.33. The van der Waals surface area contributed by atoms with Gasteiger partial charge >= 0.3 is 0 Å². The molecule has 2 aliphatic rings. The second-order valence-corrected chi connectivity index (χ2v) is 9.03. The van der Waals surface area contributed by atoms with Crippen molar-refractivity contribution in [2.45, 2.75) is 23.8 Å². The molecule has 3 heterocycles. The van der Waals surface area contributed by atoms with Gasteiger partial charge in [0.2, 0.25) is 10.0 Å². The molecule has 142 valence electrons. The third-order valence-electron chi connectivity index (χ3n) is 5.26. The van der Waals surface area contributed by atoms with Gasteiger partial charge in [0.15, 0.2) is 0 Å². The van der Waals surface area contributed by atoms with Crippen LogP contribution in [0, 0.1) is 5.92 Å². The minimum atomic E-state index is -3.62. The van der Waals surface area contributed by atoms with Crippen molar-refractivity contribution in [3.63, 3.8) is 0 Å². The molecular weight excluding hydrogens is 364 g/mol. The lowest BCUT2D eigenvalue weighted by atomic mass is 9.84. The number of hydrogen-bond donors (Lipinski definition) is 0. The predicted molar refractivity (Wildman–Crippen MR) is 102 cm³/mol. The van der Waals surface area contributed by atoms with Gasteiger partial charge in [0, 0.05) is 43.4 Å². The fourth-order valence-electron chi connectivity index (χ4n) is 4.08. The van der Waals surface area contributed by atoms with Crippen molar-refractivity contribution in [1.29, 1.82) is 0 Å². The molecule has 0 radical (unpaired) electrons. The quantitative estimate of drug-likeness (QED) is 0.739. The van der Waals surface area contributed by atoms with E-state index in [1.165, 1.54) is 0 Å². The second kappa shape index (κ2) is 6.98. The summed E-state index contributed by atoms with van der Waals surface area (Å²) >= 11 is 0. The highest BCUT2D eigenvalue weighted by atomic mass is 32.2. The maximum absolute atomic E-state index is 13.2. The van der Waals surface area contributed by atoms with Crippen LogP contribution in [0.25, 0.3) is 0 Å². The summed E-state index contributed by atoms with van der Waals surface area (Å²) in [6.45, 7) is 5.31. The molecule has 0 aliphatic carbocycles. The average molecular weight is 386 g/mol. The molecule has 2 aliphatic heterocycles. The lowest BCUT2D eigenvalue weighted by molar-refractivity contribution is 0.186. The van der Waals surface area contributed by atoms with Crippen molar-refractivity contribution in [2.75, 3.05) is 19.7 Å². The van der Waals surface area contributed by atoms with Crippen LogP contribution in [0.15, 0.2) is 64.8 Å². The molecule has 0 saturated carbocycles. The second-order valence-electron chi connectivity index (χ2n) is 7.09. The molecule has 0 N–H and O–H groups in total. The highest BCUT2D eigenvalue weighted by Crippen LogP contribution is 2.37. The van der Waals surface area contributed by atoms with Crippen LogP contribution in [-0.2, 0) is 16.6 Å². The third-order valence-corrected chi connectivity index (χ3v) is 7.09. The van der Waals surface area contributed by atoms with Gasteiger partial charge < -0.3 is 9.30 Å². The van der Waals surface area contributed by atoms with E-state index < -0.39 is 10.0 Å². The summed E-state index contributed by atoms with van der Waals surface area (Å²) in [5.41, 5.74) is 0.923. The van der Waals surface area contributed by atoms with Gasteiger partial charge in [-0.2, -0.15) is 4.31 Å². The van der Waals surface area contributed by atoms with Crippen LogP contribution in [0.3, 0.4) is 0 Å². The zero-order valence-corrected chi connectivity index (χ0v) is 15.8. The fraction of sp³-hybridized carbons (Fsp3) is 0.350. The van der Waals surface area contributed by atoms with Gasteiger partial charge in [-0.3, -0.25) is 4.79 Å². The Balaban J connectivity index is 1.63. The van der Waals surface area contributed by atoms with Crippen molar-refractivity contribution in [1.82, 2.24) is 8.87 Å². The minimum Gasteiger partial charge on any atom is -0.490 e. The standard InChI is InChI=1S/C20H22N2O4S/c1-2-9-26-17-5-3-6-18(11-17)27(24,25)21-12-15-10-16(14-21)19-7-4-8-20(23)22(19)13-15/h2-8,11,15-16H,1,9-10,12-14H2/t15-,16+/m1/s1. The summed E-state index contributed by atoms with van der Waals surface area (Å²) in [5, 5.41) is 0. The zero-order valence-electron chi connectivity index (χ0n) is 15.0. The van der Waals surface area contributed by atoms with E-state index in [-0.39, 0.29) is 22.3 Å². The first-order chi connectivity index (χ1) is 13.0. The zero-order chi connectivity index (χ0) is 19.0. The molecule has 27 heavy (non-hydrogen) atoms. The largest absolute Gasteiger partial charge is 0.490 e.